The van der Waals surface area contributed by atoms with Crippen LogP contribution in [-0.4, -0.2) is 87.0 Å². The van der Waals surface area contributed by atoms with Crippen LogP contribution in [0.4, 0.5) is 0 Å². The second kappa shape index (κ2) is 14.0. The molecule has 3 rings (SSSR count). The fourth-order valence-electron chi connectivity index (χ4n) is 3.62. The van der Waals surface area contributed by atoms with Gasteiger partial charge in [0, 0.05) is 53.4 Å². The van der Waals surface area contributed by atoms with Gasteiger partial charge >= 0.3 is 0 Å². The number of carbonyl (C=O) groups is 1. The number of amides is 1. The molecule has 8 heteroatoms. The molecule has 1 aliphatic heterocycles. The number of nitrogens with zero attached hydrogens (tertiary/aromatic N) is 4. The maximum Gasteiger partial charge on any atom is 0.243 e. The van der Waals surface area contributed by atoms with Crippen molar-refractivity contribution < 1.29 is 9.53 Å². The Morgan fingerprint density at radius 3 is 2.27 bits per heavy atom. The Labute approximate surface area is 214 Å². The lowest BCUT2D eigenvalue weighted by atomic mass is 10.1. The third-order valence-corrected chi connectivity index (χ3v) is 5.64. The fraction of sp³-hybridized carbons (Fsp3) is 0.440. The van der Waals surface area contributed by atoms with E-state index in [1.165, 1.54) is 11.1 Å². The highest BCUT2D eigenvalue weighted by Gasteiger charge is 2.20. The van der Waals surface area contributed by atoms with Gasteiger partial charge in [-0.25, -0.2) is 4.99 Å². The lowest BCUT2D eigenvalue weighted by molar-refractivity contribution is -0.127. The summed E-state index contributed by atoms with van der Waals surface area (Å²) in [7, 11) is 5.20. The van der Waals surface area contributed by atoms with Crippen LogP contribution in [0.5, 0.6) is 5.75 Å². The van der Waals surface area contributed by atoms with E-state index in [-0.39, 0.29) is 36.4 Å². The van der Waals surface area contributed by atoms with Crippen molar-refractivity contribution in [2.75, 3.05) is 60.5 Å². The molecule has 0 saturated carbocycles. The van der Waals surface area contributed by atoms with Gasteiger partial charge in [-0.05, 0) is 29.7 Å². The summed E-state index contributed by atoms with van der Waals surface area (Å²) < 4.78 is 5.23. The monoisotopic (exact) mass is 565 g/mol. The van der Waals surface area contributed by atoms with Gasteiger partial charge in [0.2, 0.25) is 5.91 Å². The van der Waals surface area contributed by atoms with Crippen LogP contribution in [0, 0.1) is 0 Å². The highest BCUT2D eigenvalue weighted by atomic mass is 127. The Morgan fingerprint density at radius 1 is 1.00 bits per heavy atom. The molecule has 0 aliphatic carbocycles. The molecular formula is C25H36IN5O2. The Morgan fingerprint density at radius 2 is 1.67 bits per heavy atom. The van der Waals surface area contributed by atoms with Gasteiger partial charge in [-0.2, -0.15) is 0 Å². The molecule has 0 bridgehead atoms. The van der Waals surface area contributed by atoms with E-state index in [2.05, 4.69) is 62.6 Å². The summed E-state index contributed by atoms with van der Waals surface area (Å²) in [5.41, 5.74) is 2.57. The molecule has 1 N–H and O–H groups in total. The van der Waals surface area contributed by atoms with Crippen LogP contribution in [0.25, 0.3) is 0 Å². The van der Waals surface area contributed by atoms with Gasteiger partial charge in [-0.15, -0.1) is 24.0 Å². The quantitative estimate of drug-likeness (QED) is 0.303. The summed E-state index contributed by atoms with van der Waals surface area (Å²) in [6.07, 6.45) is 0.874. The third-order valence-electron chi connectivity index (χ3n) is 5.64. The lowest BCUT2D eigenvalue weighted by Gasteiger charge is -2.36. The number of nitrogens with one attached hydrogen (secondary N) is 1. The highest BCUT2D eigenvalue weighted by Crippen LogP contribution is 2.12. The molecule has 1 fully saturated rings. The second-order valence-corrected chi connectivity index (χ2v) is 8.20. The van der Waals surface area contributed by atoms with E-state index < -0.39 is 0 Å². The van der Waals surface area contributed by atoms with Crippen molar-refractivity contribution in [3.05, 3.63) is 65.7 Å². The van der Waals surface area contributed by atoms with Crippen molar-refractivity contribution in [2.24, 2.45) is 4.99 Å². The number of ether oxygens (including phenoxy) is 1. The summed E-state index contributed by atoms with van der Waals surface area (Å²) in [5, 5.41) is 3.48. The van der Waals surface area contributed by atoms with E-state index in [1.807, 2.05) is 12.1 Å². The van der Waals surface area contributed by atoms with Gasteiger partial charge in [-0.3, -0.25) is 9.69 Å². The third kappa shape index (κ3) is 8.85. The summed E-state index contributed by atoms with van der Waals surface area (Å²) >= 11 is 0. The van der Waals surface area contributed by atoms with E-state index in [1.54, 1.807) is 26.1 Å². The Kier molecular flexibility index (Phi) is 11.5. The van der Waals surface area contributed by atoms with Crippen molar-refractivity contribution in [2.45, 2.75) is 13.0 Å². The topological polar surface area (TPSA) is 60.4 Å². The average Bonchev–Trinajstić information content (AvgIpc) is 2.82. The molecule has 33 heavy (non-hydrogen) atoms. The predicted octanol–water partition coefficient (Wildman–Crippen LogP) is 2.71. The fourth-order valence-corrected chi connectivity index (χ4v) is 3.62. The molecule has 1 heterocycles. The number of guanidine groups is 1. The Balaban J connectivity index is 0.00000385. The van der Waals surface area contributed by atoms with E-state index >= 15 is 0 Å². The van der Waals surface area contributed by atoms with Gasteiger partial charge in [-0.1, -0.05) is 42.5 Å². The first-order chi connectivity index (χ1) is 15.5. The van der Waals surface area contributed by atoms with Crippen LogP contribution >= 0.6 is 24.0 Å². The van der Waals surface area contributed by atoms with Crippen LogP contribution < -0.4 is 10.1 Å². The van der Waals surface area contributed by atoms with Crippen molar-refractivity contribution in [1.82, 2.24) is 20.0 Å². The van der Waals surface area contributed by atoms with Crippen LogP contribution in [0.3, 0.4) is 0 Å². The SMILES string of the molecule is COc1ccc(CCNC(=NCC(=O)N(C)C)N2CCN(Cc3ccccc3)CC2)cc1.I. The molecule has 1 amide bonds. The smallest absolute Gasteiger partial charge is 0.243 e. The zero-order valence-corrected chi connectivity index (χ0v) is 22.2. The zero-order valence-electron chi connectivity index (χ0n) is 19.9. The number of hydrogen-bond donors (Lipinski definition) is 1. The van der Waals surface area contributed by atoms with Crippen LogP contribution in [0.15, 0.2) is 59.6 Å². The standard InChI is InChI=1S/C25H35N5O2.HI/c1-28(2)24(31)19-27-25(26-14-13-21-9-11-23(32-3)12-10-21)30-17-15-29(16-18-30)20-22-7-5-4-6-8-22;/h4-12H,13-20H2,1-3H3,(H,26,27);1H. The van der Waals surface area contributed by atoms with E-state index in [9.17, 15) is 4.79 Å². The zero-order chi connectivity index (χ0) is 22.8. The first-order valence-corrected chi connectivity index (χ1v) is 11.2. The molecule has 180 valence electrons. The molecule has 1 aliphatic rings. The Bertz CT molecular complexity index is 866. The number of halogens is 1. The van der Waals surface area contributed by atoms with Gasteiger partial charge in [0.1, 0.15) is 12.3 Å². The first-order valence-electron chi connectivity index (χ1n) is 11.2. The van der Waals surface area contributed by atoms with Crippen molar-refractivity contribution in [1.29, 1.82) is 0 Å². The van der Waals surface area contributed by atoms with Gasteiger partial charge < -0.3 is 19.9 Å². The first kappa shape index (κ1) is 26.9. The summed E-state index contributed by atoms with van der Waals surface area (Å²) in [5.74, 6) is 1.68. The van der Waals surface area contributed by atoms with E-state index in [0.717, 1.165) is 57.4 Å². The summed E-state index contributed by atoms with van der Waals surface area (Å²) in [6.45, 7) is 5.58. The van der Waals surface area contributed by atoms with Crippen molar-refractivity contribution in [3.8, 4) is 5.75 Å². The van der Waals surface area contributed by atoms with Crippen molar-refractivity contribution >= 4 is 35.8 Å². The highest BCUT2D eigenvalue weighted by molar-refractivity contribution is 14.0. The molecule has 1 saturated heterocycles. The van der Waals surface area contributed by atoms with Gasteiger partial charge in [0.25, 0.3) is 0 Å². The number of likely N-dealkylation sites (N-methyl/N-ethyl adjacent to an activating group) is 1. The number of piperazine rings is 1. The van der Waals surface area contributed by atoms with E-state index in [0.29, 0.717) is 0 Å². The maximum atomic E-state index is 12.1. The van der Waals surface area contributed by atoms with E-state index in [4.69, 9.17) is 4.74 Å². The number of aliphatic imine (C=N–C) groups is 1. The van der Waals surface area contributed by atoms with Crippen LogP contribution in [0.2, 0.25) is 0 Å². The van der Waals surface area contributed by atoms with Crippen molar-refractivity contribution in [3.63, 3.8) is 0 Å². The van der Waals surface area contributed by atoms with Crippen LogP contribution in [0.1, 0.15) is 11.1 Å². The number of carbonyl (C=O) groups excluding carboxylic acids is 1. The predicted molar refractivity (Wildman–Crippen MR) is 144 cm³/mol. The maximum absolute atomic E-state index is 12.1. The second-order valence-electron chi connectivity index (χ2n) is 8.20. The number of rotatable bonds is 8. The largest absolute Gasteiger partial charge is 0.497 e. The van der Waals surface area contributed by atoms with Gasteiger partial charge in [0.05, 0.1) is 7.11 Å². The minimum absolute atomic E-state index is 0. The molecule has 0 radical (unpaired) electrons. The van der Waals surface area contributed by atoms with Gasteiger partial charge in [0.15, 0.2) is 5.96 Å². The normalized spacial score (nSPS) is 14.4. The minimum Gasteiger partial charge on any atom is -0.497 e. The molecule has 0 atom stereocenters. The minimum atomic E-state index is 0. The summed E-state index contributed by atoms with van der Waals surface area (Å²) in [4.78, 5) is 23.0. The molecule has 7 nitrogen and oxygen atoms in total. The molecular weight excluding hydrogens is 529 g/mol. The number of hydrogen-bond acceptors (Lipinski definition) is 4. The molecule has 0 unspecified atom stereocenters. The summed E-state index contributed by atoms with van der Waals surface area (Å²) in [6, 6.07) is 18.7. The van der Waals surface area contributed by atoms with Crippen LogP contribution in [-0.2, 0) is 17.8 Å². The average molecular weight is 566 g/mol. The number of benzene rings is 2. The molecule has 0 spiro atoms. The molecule has 2 aromatic rings. The molecule has 2 aromatic carbocycles. The Hall–Kier alpha value is -2.33. The molecule has 0 aromatic heterocycles. The number of methoxy groups -OCH3 is 1. The lowest BCUT2D eigenvalue weighted by Crippen LogP contribution is -2.52.